The van der Waals surface area contributed by atoms with E-state index in [0.29, 0.717) is 23.9 Å². The fourth-order valence-electron chi connectivity index (χ4n) is 7.33. The smallest absolute Gasteiger partial charge is 0.268 e. The molecule has 0 fully saturated rings. The highest BCUT2D eigenvalue weighted by Gasteiger charge is 2.24. The molecule has 0 aromatic rings. The number of nitrogens with one attached hydrogen (secondary N) is 1. The van der Waals surface area contributed by atoms with E-state index in [2.05, 4.69) is 67.8 Å². The normalized spacial score (nSPS) is 14.5. The molecule has 8 nitrogen and oxygen atoms in total. The Morgan fingerprint density at radius 1 is 0.590 bits per heavy atom. The van der Waals surface area contributed by atoms with Crippen LogP contribution in [0.1, 0.15) is 226 Å². The molecule has 0 heterocycles. The van der Waals surface area contributed by atoms with Gasteiger partial charge < -0.3 is 28.8 Å². The van der Waals surface area contributed by atoms with Crippen LogP contribution in [0, 0.1) is 0 Å². The monoisotopic (exact) mass is 879 g/mol. The van der Waals surface area contributed by atoms with E-state index in [1.54, 1.807) is 0 Å². The van der Waals surface area contributed by atoms with Gasteiger partial charge in [-0.2, -0.15) is 0 Å². The first kappa shape index (κ1) is 59.5. The number of aliphatic hydroxyl groups excluding tert-OH is 1. The number of quaternary nitrogens is 1. The van der Waals surface area contributed by atoms with Gasteiger partial charge in [0.1, 0.15) is 13.2 Å². The SMILES string of the molecule is CC/C=C\C/C=C\C/C=C\C/C=C\CCCCCCC(=O)NC(COP(=O)([O-])OCC[N+](C)(C)C)C(O)CCCCCCCCCCCCCCCCCCCCCCCC. The van der Waals surface area contributed by atoms with Gasteiger partial charge in [-0.1, -0.05) is 217 Å². The number of unbranched alkanes of at least 4 members (excludes halogenated alkanes) is 25. The zero-order valence-electron chi connectivity index (χ0n) is 40.6. The van der Waals surface area contributed by atoms with Gasteiger partial charge in [0.25, 0.3) is 7.82 Å². The Hall–Kier alpha value is -1.54. The Bertz CT molecular complexity index is 1130. The molecule has 0 saturated carbocycles. The van der Waals surface area contributed by atoms with Gasteiger partial charge in [0.05, 0.1) is 39.9 Å². The first-order valence-corrected chi connectivity index (χ1v) is 26.9. The van der Waals surface area contributed by atoms with Crippen molar-refractivity contribution < 1.29 is 32.9 Å². The molecule has 0 saturated heterocycles. The summed E-state index contributed by atoms with van der Waals surface area (Å²) in [6.45, 7) is 4.60. The maximum absolute atomic E-state index is 12.9. The predicted octanol–water partition coefficient (Wildman–Crippen LogP) is 14.2. The maximum Gasteiger partial charge on any atom is 0.268 e. The summed E-state index contributed by atoms with van der Waals surface area (Å²) in [5, 5.41) is 14.0. The second kappa shape index (κ2) is 43.7. The maximum atomic E-state index is 12.9. The van der Waals surface area contributed by atoms with Crippen molar-refractivity contribution >= 4 is 13.7 Å². The minimum Gasteiger partial charge on any atom is -0.756 e. The zero-order valence-corrected chi connectivity index (χ0v) is 41.5. The summed E-state index contributed by atoms with van der Waals surface area (Å²) in [5.74, 6) is -0.188. The lowest BCUT2D eigenvalue weighted by molar-refractivity contribution is -0.870. The standard InChI is InChI=1S/C52H99N2O6P/c1-6-8-10-12-14-16-18-20-22-24-25-26-27-28-30-31-33-35-37-39-41-43-45-51(55)50(49-60-61(57,58)59-48-47-54(3,4)5)53-52(56)46-44-42-40-38-36-34-32-29-23-21-19-17-15-13-11-9-7-2/h9,11,15,17,21,23,32,34,50-51,55H,6-8,10,12-14,16,18-20,22,24-31,33,35-49H2,1-5H3,(H-,53,56,57,58)/b11-9-,17-15-,23-21-,34-32-. The van der Waals surface area contributed by atoms with Crippen molar-refractivity contribution in [3.05, 3.63) is 48.6 Å². The number of allylic oxidation sites excluding steroid dienone is 8. The lowest BCUT2D eigenvalue weighted by Crippen LogP contribution is -2.46. The Morgan fingerprint density at radius 2 is 1.00 bits per heavy atom. The summed E-state index contributed by atoms with van der Waals surface area (Å²) >= 11 is 0. The number of rotatable bonds is 46. The molecule has 358 valence electrons. The van der Waals surface area contributed by atoms with Gasteiger partial charge in [-0.05, 0) is 51.4 Å². The largest absolute Gasteiger partial charge is 0.756 e. The van der Waals surface area contributed by atoms with Gasteiger partial charge in [0, 0.05) is 6.42 Å². The Morgan fingerprint density at radius 3 is 1.46 bits per heavy atom. The Balaban J connectivity index is 4.29. The molecule has 0 aromatic carbocycles. The van der Waals surface area contributed by atoms with Crippen LogP contribution in [0.3, 0.4) is 0 Å². The summed E-state index contributed by atoms with van der Waals surface area (Å²) in [7, 11) is 1.28. The zero-order chi connectivity index (χ0) is 45.0. The van der Waals surface area contributed by atoms with Crippen LogP contribution in [-0.2, 0) is 18.4 Å². The van der Waals surface area contributed by atoms with Gasteiger partial charge in [0.15, 0.2) is 0 Å². The number of phosphoric ester groups is 1. The van der Waals surface area contributed by atoms with Crippen LogP contribution in [-0.4, -0.2) is 68.5 Å². The molecule has 2 N–H and O–H groups in total. The molecule has 9 heteroatoms. The summed E-state index contributed by atoms with van der Waals surface area (Å²) in [6, 6.07) is -0.815. The molecular weight excluding hydrogens is 780 g/mol. The number of carbonyl (C=O) groups excluding carboxylic acids is 1. The highest BCUT2D eigenvalue weighted by Crippen LogP contribution is 2.38. The van der Waals surface area contributed by atoms with Gasteiger partial charge in [0.2, 0.25) is 5.91 Å². The number of hydrogen-bond donors (Lipinski definition) is 2. The second-order valence-corrected chi connectivity index (χ2v) is 19.9. The molecule has 3 unspecified atom stereocenters. The fourth-order valence-corrected chi connectivity index (χ4v) is 8.05. The van der Waals surface area contributed by atoms with Crippen molar-refractivity contribution in [2.75, 3.05) is 40.9 Å². The fraction of sp³-hybridized carbons (Fsp3) is 0.827. The molecule has 0 spiro atoms. The van der Waals surface area contributed by atoms with Crippen LogP contribution in [0.5, 0.6) is 0 Å². The summed E-state index contributed by atoms with van der Waals surface area (Å²) in [5.41, 5.74) is 0. The van der Waals surface area contributed by atoms with Crippen molar-refractivity contribution in [1.82, 2.24) is 5.32 Å². The summed E-state index contributed by atoms with van der Waals surface area (Å²) in [6.07, 6.45) is 55.5. The summed E-state index contributed by atoms with van der Waals surface area (Å²) < 4.78 is 23.3. The van der Waals surface area contributed by atoms with Crippen LogP contribution >= 0.6 is 7.82 Å². The molecule has 3 atom stereocenters. The number of likely N-dealkylation sites (N-methyl/N-ethyl adjacent to an activating group) is 1. The van der Waals surface area contributed by atoms with Crippen molar-refractivity contribution in [2.45, 2.75) is 238 Å². The first-order chi connectivity index (χ1) is 29.5. The lowest BCUT2D eigenvalue weighted by atomic mass is 10.0. The van der Waals surface area contributed by atoms with Gasteiger partial charge in [-0.25, -0.2) is 0 Å². The van der Waals surface area contributed by atoms with E-state index in [4.69, 9.17) is 9.05 Å². The minimum atomic E-state index is -4.58. The average molecular weight is 879 g/mol. The molecule has 0 aliphatic rings. The van der Waals surface area contributed by atoms with E-state index in [9.17, 15) is 19.4 Å². The van der Waals surface area contributed by atoms with E-state index in [-0.39, 0.29) is 19.1 Å². The summed E-state index contributed by atoms with van der Waals surface area (Å²) in [4.78, 5) is 25.4. The number of phosphoric acid groups is 1. The van der Waals surface area contributed by atoms with Crippen molar-refractivity contribution in [3.8, 4) is 0 Å². The molecule has 0 aliphatic heterocycles. The minimum absolute atomic E-state index is 0.00557. The number of amides is 1. The van der Waals surface area contributed by atoms with Crippen LogP contribution in [0.4, 0.5) is 0 Å². The number of hydrogen-bond acceptors (Lipinski definition) is 6. The molecule has 0 rings (SSSR count). The Kier molecular flexibility index (Phi) is 42.6. The van der Waals surface area contributed by atoms with E-state index in [1.807, 2.05) is 21.1 Å². The van der Waals surface area contributed by atoms with Crippen LogP contribution in [0.25, 0.3) is 0 Å². The van der Waals surface area contributed by atoms with Crippen molar-refractivity contribution in [2.24, 2.45) is 0 Å². The molecule has 61 heavy (non-hydrogen) atoms. The van der Waals surface area contributed by atoms with Crippen LogP contribution in [0.15, 0.2) is 48.6 Å². The van der Waals surface area contributed by atoms with Crippen molar-refractivity contribution in [1.29, 1.82) is 0 Å². The van der Waals surface area contributed by atoms with Crippen molar-refractivity contribution in [3.63, 3.8) is 0 Å². The number of aliphatic hydroxyl groups is 1. The van der Waals surface area contributed by atoms with E-state index in [1.165, 1.54) is 122 Å². The quantitative estimate of drug-likeness (QED) is 0.0273. The lowest BCUT2D eigenvalue weighted by Gasteiger charge is -2.30. The number of nitrogens with zero attached hydrogens (tertiary/aromatic N) is 1. The molecular formula is C52H99N2O6P. The average Bonchev–Trinajstić information content (AvgIpc) is 3.21. The predicted molar refractivity (Wildman–Crippen MR) is 261 cm³/mol. The van der Waals surface area contributed by atoms with Gasteiger partial charge in [-0.15, -0.1) is 0 Å². The number of carbonyl (C=O) groups is 1. The third-order valence-corrected chi connectivity index (χ3v) is 12.3. The molecule has 1 amide bonds. The molecule has 0 radical (unpaired) electrons. The highest BCUT2D eigenvalue weighted by atomic mass is 31.2. The van der Waals surface area contributed by atoms with Crippen LogP contribution in [0.2, 0.25) is 0 Å². The third-order valence-electron chi connectivity index (χ3n) is 11.3. The second-order valence-electron chi connectivity index (χ2n) is 18.5. The van der Waals surface area contributed by atoms with E-state index in [0.717, 1.165) is 77.0 Å². The third kappa shape index (κ3) is 46.3. The molecule has 0 aromatic heterocycles. The molecule has 0 bridgehead atoms. The molecule has 0 aliphatic carbocycles. The Labute approximate surface area is 378 Å². The van der Waals surface area contributed by atoms with Crippen LogP contribution < -0.4 is 10.2 Å². The van der Waals surface area contributed by atoms with E-state index < -0.39 is 20.0 Å². The first-order valence-electron chi connectivity index (χ1n) is 25.5. The topological polar surface area (TPSA) is 108 Å². The van der Waals surface area contributed by atoms with E-state index >= 15 is 0 Å². The highest BCUT2D eigenvalue weighted by molar-refractivity contribution is 7.45. The van der Waals surface area contributed by atoms with Gasteiger partial charge >= 0.3 is 0 Å². The van der Waals surface area contributed by atoms with Gasteiger partial charge in [-0.3, -0.25) is 9.36 Å².